The Kier molecular flexibility index (Phi) is 3.36. The largest absolute Gasteiger partial charge is 0.383 e. The number of nitrogens with zero attached hydrogens (tertiary/aromatic N) is 3. The van der Waals surface area contributed by atoms with Crippen LogP contribution in [0.3, 0.4) is 0 Å². The van der Waals surface area contributed by atoms with Crippen LogP contribution in [-0.2, 0) is 12.8 Å². The average Bonchev–Trinajstić information content (AvgIpc) is 2.91. The molecule has 0 radical (unpaired) electrons. The summed E-state index contributed by atoms with van der Waals surface area (Å²) in [4.78, 5) is 15.7. The Balaban J connectivity index is 2.21. The van der Waals surface area contributed by atoms with E-state index in [4.69, 9.17) is 5.73 Å². The number of rotatable bonds is 3. The minimum absolute atomic E-state index is 0.536. The van der Waals surface area contributed by atoms with Gasteiger partial charge in [0.25, 0.3) is 0 Å². The molecule has 5 heteroatoms. The van der Waals surface area contributed by atoms with Gasteiger partial charge in [-0.05, 0) is 30.5 Å². The molecule has 2 N–H and O–H groups in total. The van der Waals surface area contributed by atoms with Gasteiger partial charge < -0.3 is 5.73 Å². The van der Waals surface area contributed by atoms with E-state index in [1.165, 1.54) is 4.88 Å². The molecule has 0 atom stereocenters. The Morgan fingerprint density at radius 2 is 2.05 bits per heavy atom. The predicted molar refractivity (Wildman–Crippen MR) is 83.8 cm³/mol. The van der Waals surface area contributed by atoms with Crippen LogP contribution < -0.4 is 5.73 Å². The standard InChI is InChI=1S/C15H16N4S/c1-3-9-6-5-7-17-12(9)14-18-13(16)11-8-10(4-2)20-15(11)19-14/h5-8H,3-4H2,1-2H3,(H2,16,18,19). The number of aryl methyl sites for hydroxylation is 2. The molecule has 3 rings (SSSR count). The first-order valence-corrected chi connectivity index (χ1v) is 7.54. The van der Waals surface area contributed by atoms with Crippen molar-refractivity contribution in [3.05, 3.63) is 34.8 Å². The second kappa shape index (κ2) is 5.17. The lowest BCUT2D eigenvalue weighted by molar-refractivity contribution is 1.08. The predicted octanol–water partition coefficient (Wildman–Crippen LogP) is 3.46. The molecular weight excluding hydrogens is 268 g/mol. The van der Waals surface area contributed by atoms with Crippen LogP contribution in [0.25, 0.3) is 21.7 Å². The van der Waals surface area contributed by atoms with Crippen molar-refractivity contribution < 1.29 is 0 Å². The van der Waals surface area contributed by atoms with Crippen molar-refractivity contribution in [3.8, 4) is 11.5 Å². The molecule has 102 valence electrons. The van der Waals surface area contributed by atoms with Gasteiger partial charge in [0.2, 0.25) is 0 Å². The third-order valence-corrected chi connectivity index (χ3v) is 4.48. The smallest absolute Gasteiger partial charge is 0.181 e. The Bertz CT molecular complexity index is 764. The van der Waals surface area contributed by atoms with Gasteiger partial charge in [0, 0.05) is 11.1 Å². The molecule has 20 heavy (non-hydrogen) atoms. The number of anilines is 1. The van der Waals surface area contributed by atoms with E-state index in [-0.39, 0.29) is 0 Å². The van der Waals surface area contributed by atoms with Crippen molar-refractivity contribution in [2.24, 2.45) is 0 Å². The van der Waals surface area contributed by atoms with E-state index in [0.29, 0.717) is 11.6 Å². The van der Waals surface area contributed by atoms with Crippen LogP contribution in [0.1, 0.15) is 24.3 Å². The van der Waals surface area contributed by atoms with Crippen LogP contribution in [0, 0.1) is 0 Å². The Hall–Kier alpha value is -2.01. The number of pyridine rings is 1. The van der Waals surface area contributed by atoms with Crippen LogP contribution in [0.15, 0.2) is 24.4 Å². The lowest BCUT2D eigenvalue weighted by Crippen LogP contribution is -1.99. The Morgan fingerprint density at radius 3 is 2.80 bits per heavy atom. The van der Waals surface area contributed by atoms with Gasteiger partial charge in [-0.2, -0.15) is 0 Å². The van der Waals surface area contributed by atoms with Crippen molar-refractivity contribution in [3.63, 3.8) is 0 Å². The Labute approximate surface area is 121 Å². The fourth-order valence-corrected chi connectivity index (χ4v) is 3.17. The highest BCUT2D eigenvalue weighted by Gasteiger charge is 2.13. The molecule has 3 heterocycles. The highest BCUT2D eigenvalue weighted by molar-refractivity contribution is 7.18. The summed E-state index contributed by atoms with van der Waals surface area (Å²) in [6.07, 6.45) is 3.65. The van der Waals surface area contributed by atoms with Crippen LogP contribution in [0.4, 0.5) is 5.82 Å². The number of aromatic nitrogens is 3. The van der Waals surface area contributed by atoms with E-state index >= 15 is 0 Å². The number of thiophene rings is 1. The zero-order valence-electron chi connectivity index (χ0n) is 11.6. The summed E-state index contributed by atoms with van der Waals surface area (Å²) < 4.78 is 0. The molecule has 3 aromatic rings. The lowest BCUT2D eigenvalue weighted by Gasteiger charge is -2.06. The molecule has 0 aliphatic rings. The molecule has 0 spiro atoms. The van der Waals surface area contributed by atoms with Crippen LogP contribution in [0.5, 0.6) is 0 Å². The first-order chi connectivity index (χ1) is 9.72. The molecule has 0 amide bonds. The third kappa shape index (κ3) is 2.14. The van der Waals surface area contributed by atoms with E-state index < -0.39 is 0 Å². The van der Waals surface area contributed by atoms with Gasteiger partial charge >= 0.3 is 0 Å². The maximum Gasteiger partial charge on any atom is 0.181 e. The molecule has 0 aliphatic heterocycles. The summed E-state index contributed by atoms with van der Waals surface area (Å²) >= 11 is 1.67. The SMILES string of the molecule is CCc1cc2c(N)nc(-c3ncccc3CC)nc2s1. The zero-order chi connectivity index (χ0) is 14.1. The number of nitrogen functional groups attached to an aromatic ring is 1. The molecule has 4 nitrogen and oxygen atoms in total. The van der Waals surface area contributed by atoms with Crippen molar-refractivity contribution in [1.29, 1.82) is 0 Å². The quantitative estimate of drug-likeness (QED) is 0.800. The van der Waals surface area contributed by atoms with E-state index in [2.05, 4.69) is 40.9 Å². The lowest BCUT2D eigenvalue weighted by atomic mass is 10.1. The van der Waals surface area contributed by atoms with Crippen molar-refractivity contribution in [1.82, 2.24) is 15.0 Å². The number of fused-ring (bicyclic) bond motifs is 1. The van der Waals surface area contributed by atoms with Crippen molar-refractivity contribution in [2.75, 3.05) is 5.73 Å². The highest BCUT2D eigenvalue weighted by Crippen LogP contribution is 2.30. The molecular formula is C15H16N4S. The molecule has 3 aromatic heterocycles. The van der Waals surface area contributed by atoms with Gasteiger partial charge in [0.15, 0.2) is 5.82 Å². The molecule has 0 bridgehead atoms. The number of hydrogen-bond donors (Lipinski definition) is 1. The van der Waals surface area contributed by atoms with Gasteiger partial charge in [-0.25, -0.2) is 9.97 Å². The first kappa shape index (κ1) is 13.0. The minimum atomic E-state index is 0.536. The minimum Gasteiger partial charge on any atom is -0.383 e. The molecule has 0 saturated heterocycles. The highest BCUT2D eigenvalue weighted by atomic mass is 32.1. The van der Waals surface area contributed by atoms with Crippen molar-refractivity contribution in [2.45, 2.75) is 26.7 Å². The summed E-state index contributed by atoms with van der Waals surface area (Å²) in [5.74, 6) is 1.16. The van der Waals surface area contributed by atoms with Gasteiger partial charge in [-0.1, -0.05) is 19.9 Å². The summed E-state index contributed by atoms with van der Waals surface area (Å²) in [5, 5.41) is 0.949. The van der Waals surface area contributed by atoms with E-state index in [1.807, 2.05) is 6.07 Å². The molecule has 0 aromatic carbocycles. The molecule has 0 aliphatic carbocycles. The van der Waals surface area contributed by atoms with Crippen molar-refractivity contribution >= 4 is 27.4 Å². The van der Waals surface area contributed by atoms with Crippen LogP contribution >= 0.6 is 11.3 Å². The summed E-state index contributed by atoms with van der Waals surface area (Å²) in [6.45, 7) is 4.23. The van der Waals surface area contributed by atoms with Gasteiger partial charge in [0.1, 0.15) is 16.3 Å². The normalized spacial score (nSPS) is 11.1. The zero-order valence-corrected chi connectivity index (χ0v) is 12.4. The fraction of sp³-hybridized carbons (Fsp3) is 0.267. The average molecular weight is 284 g/mol. The van der Waals surface area contributed by atoms with E-state index in [9.17, 15) is 0 Å². The van der Waals surface area contributed by atoms with Gasteiger partial charge in [-0.15, -0.1) is 11.3 Å². The van der Waals surface area contributed by atoms with Gasteiger partial charge in [-0.3, -0.25) is 4.98 Å². The monoisotopic (exact) mass is 284 g/mol. The summed E-state index contributed by atoms with van der Waals surface area (Å²) in [5.41, 5.74) is 8.05. The number of nitrogens with two attached hydrogens (primary N) is 1. The first-order valence-electron chi connectivity index (χ1n) is 6.73. The molecule has 0 saturated carbocycles. The topological polar surface area (TPSA) is 64.7 Å². The fourth-order valence-electron chi connectivity index (χ4n) is 2.20. The maximum atomic E-state index is 6.08. The second-order valence-electron chi connectivity index (χ2n) is 4.58. The van der Waals surface area contributed by atoms with E-state index in [0.717, 1.165) is 34.3 Å². The van der Waals surface area contributed by atoms with Gasteiger partial charge in [0.05, 0.1) is 5.39 Å². The van der Waals surface area contributed by atoms with Crippen LogP contribution in [0.2, 0.25) is 0 Å². The Morgan fingerprint density at radius 1 is 1.20 bits per heavy atom. The maximum absolute atomic E-state index is 6.08. The molecule has 0 unspecified atom stereocenters. The van der Waals surface area contributed by atoms with Crippen LogP contribution in [-0.4, -0.2) is 15.0 Å². The van der Waals surface area contributed by atoms with E-state index in [1.54, 1.807) is 17.5 Å². The number of hydrogen-bond acceptors (Lipinski definition) is 5. The molecule has 0 fully saturated rings. The second-order valence-corrected chi connectivity index (χ2v) is 5.70. The summed E-state index contributed by atoms with van der Waals surface area (Å²) in [7, 11) is 0. The summed E-state index contributed by atoms with van der Waals surface area (Å²) in [6, 6.07) is 6.07. The third-order valence-electron chi connectivity index (χ3n) is 3.31.